The molecule has 0 aromatic rings. The molecule has 0 radical (unpaired) electrons. The zero-order chi connectivity index (χ0) is 10.1. The molecule has 0 spiro atoms. The van der Waals surface area contributed by atoms with Crippen LogP contribution in [0.5, 0.6) is 0 Å². The Bertz CT molecular complexity index is 240. The maximum Gasteiger partial charge on any atom is 0.418 e. The van der Waals surface area contributed by atoms with Crippen molar-refractivity contribution in [3.8, 4) is 0 Å². The third-order valence-electron chi connectivity index (χ3n) is 1.92. The molecule has 1 aliphatic carbocycles. The smallest absolute Gasteiger partial charge is 0.379 e. The zero-order valence-corrected chi connectivity index (χ0v) is 7.17. The van der Waals surface area contributed by atoms with Crippen molar-refractivity contribution < 1.29 is 18.3 Å². The summed E-state index contributed by atoms with van der Waals surface area (Å²) in [5.74, 6) is 0.0667. The van der Waals surface area contributed by atoms with E-state index in [9.17, 15) is 13.2 Å². The van der Waals surface area contributed by atoms with Gasteiger partial charge < -0.3 is 5.11 Å². The summed E-state index contributed by atoms with van der Waals surface area (Å²) < 4.78 is 36.1. The van der Waals surface area contributed by atoms with Gasteiger partial charge in [-0.2, -0.15) is 13.2 Å². The van der Waals surface area contributed by atoms with E-state index in [2.05, 4.69) is 0 Å². The second kappa shape index (κ2) is 3.54. The van der Waals surface area contributed by atoms with Crippen LogP contribution in [0.1, 0.15) is 13.3 Å². The van der Waals surface area contributed by atoms with E-state index in [0.29, 0.717) is 0 Å². The number of hydrogen-bond donors (Lipinski definition) is 1. The summed E-state index contributed by atoms with van der Waals surface area (Å²) in [4.78, 5) is 0. The van der Waals surface area contributed by atoms with Gasteiger partial charge in [0.1, 0.15) is 0 Å². The van der Waals surface area contributed by atoms with E-state index in [4.69, 9.17) is 5.11 Å². The molecule has 2 unspecified atom stereocenters. The van der Waals surface area contributed by atoms with Crippen molar-refractivity contribution in [2.45, 2.75) is 25.6 Å². The molecule has 0 amide bonds. The molecule has 0 saturated heterocycles. The van der Waals surface area contributed by atoms with Gasteiger partial charge in [-0.25, -0.2) is 0 Å². The lowest BCUT2D eigenvalue weighted by Crippen LogP contribution is -2.30. The molecule has 1 N–H and O–H groups in total. The highest BCUT2D eigenvalue weighted by atomic mass is 19.4. The summed E-state index contributed by atoms with van der Waals surface area (Å²) in [5, 5.41) is 8.88. The summed E-state index contributed by atoms with van der Waals surface area (Å²) in [6.45, 7) is 1.81. The summed E-state index contributed by atoms with van der Waals surface area (Å²) in [6.07, 6.45) is -1.74. The van der Waals surface area contributed by atoms with Gasteiger partial charge in [-0.1, -0.05) is 25.2 Å². The first-order valence-corrected chi connectivity index (χ1v) is 4.04. The molecule has 13 heavy (non-hydrogen) atoms. The van der Waals surface area contributed by atoms with Crippen LogP contribution in [0.3, 0.4) is 0 Å². The number of alkyl halides is 3. The van der Waals surface area contributed by atoms with E-state index in [1.54, 1.807) is 6.08 Å². The summed E-state index contributed by atoms with van der Waals surface area (Å²) in [5.41, 5.74) is -0.0498. The van der Waals surface area contributed by atoms with Crippen molar-refractivity contribution in [1.82, 2.24) is 0 Å². The molecule has 0 aromatic carbocycles. The van der Waals surface area contributed by atoms with E-state index >= 15 is 0 Å². The first-order valence-electron chi connectivity index (χ1n) is 4.04. The van der Waals surface area contributed by atoms with Crippen LogP contribution < -0.4 is 0 Å². The molecular formula is C9H11F3O. The van der Waals surface area contributed by atoms with E-state index in [0.717, 1.165) is 6.42 Å². The minimum Gasteiger partial charge on any atom is -0.379 e. The number of rotatable bonds is 1. The maximum atomic E-state index is 12.0. The average molecular weight is 192 g/mol. The summed E-state index contributed by atoms with van der Waals surface area (Å²) >= 11 is 0. The van der Waals surface area contributed by atoms with Crippen LogP contribution in [-0.4, -0.2) is 17.4 Å². The Morgan fingerprint density at radius 2 is 2.15 bits per heavy atom. The molecule has 1 aliphatic rings. The van der Waals surface area contributed by atoms with Gasteiger partial charge in [0.25, 0.3) is 0 Å². The van der Waals surface area contributed by atoms with Crippen LogP contribution in [0.25, 0.3) is 0 Å². The lowest BCUT2D eigenvalue weighted by molar-refractivity contribution is -0.190. The Morgan fingerprint density at radius 3 is 2.62 bits per heavy atom. The third-order valence-corrected chi connectivity index (χ3v) is 1.92. The van der Waals surface area contributed by atoms with E-state index in [1.807, 2.05) is 6.92 Å². The minimum absolute atomic E-state index is 0.0498. The van der Waals surface area contributed by atoms with Crippen LogP contribution in [0.15, 0.2) is 23.8 Å². The average Bonchev–Trinajstić information content (AvgIpc) is 2.01. The van der Waals surface area contributed by atoms with Crippen LogP contribution in [0.2, 0.25) is 0 Å². The van der Waals surface area contributed by atoms with Gasteiger partial charge in [0.15, 0.2) is 6.10 Å². The molecule has 2 atom stereocenters. The molecule has 0 heterocycles. The zero-order valence-electron chi connectivity index (χ0n) is 7.17. The molecule has 1 nitrogen and oxygen atoms in total. The second-order valence-electron chi connectivity index (χ2n) is 3.23. The normalized spacial score (nSPS) is 25.6. The van der Waals surface area contributed by atoms with Crippen LogP contribution >= 0.6 is 0 Å². The van der Waals surface area contributed by atoms with Gasteiger partial charge in [-0.15, -0.1) is 0 Å². The minimum atomic E-state index is -4.56. The molecule has 0 aromatic heterocycles. The van der Waals surface area contributed by atoms with Crippen molar-refractivity contribution in [2.75, 3.05) is 0 Å². The highest BCUT2D eigenvalue weighted by Gasteiger charge is 2.40. The first kappa shape index (κ1) is 10.3. The quantitative estimate of drug-likeness (QED) is 0.676. The second-order valence-corrected chi connectivity index (χ2v) is 3.23. The standard InChI is InChI=1S/C9H11F3O/c1-6-3-2-4-7(5-6)8(13)9(10,11)12/h2,4-6,8,13H,3H2,1H3. The molecule has 74 valence electrons. The summed E-state index contributed by atoms with van der Waals surface area (Å²) in [7, 11) is 0. The molecule has 0 fully saturated rings. The Hall–Kier alpha value is -0.770. The van der Waals surface area contributed by atoms with Gasteiger partial charge in [0, 0.05) is 0 Å². The fourth-order valence-electron chi connectivity index (χ4n) is 1.24. The van der Waals surface area contributed by atoms with Crippen molar-refractivity contribution in [2.24, 2.45) is 5.92 Å². The number of hydrogen-bond acceptors (Lipinski definition) is 1. The Balaban J connectivity index is 2.77. The molecule has 0 aliphatic heterocycles. The predicted molar refractivity (Wildman–Crippen MR) is 43.1 cm³/mol. The van der Waals surface area contributed by atoms with E-state index < -0.39 is 12.3 Å². The van der Waals surface area contributed by atoms with E-state index in [1.165, 1.54) is 12.2 Å². The highest BCUT2D eigenvalue weighted by Crippen LogP contribution is 2.29. The molecule has 0 bridgehead atoms. The van der Waals surface area contributed by atoms with Crippen LogP contribution in [0, 0.1) is 5.92 Å². The van der Waals surface area contributed by atoms with Gasteiger partial charge in [-0.3, -0.25) is 0 Å². The van der Waals surface area contributed by atoms with Gasteiger partial charge in [0.2, 0.25) is 0 Å². The van der Waals surface area contributed by atoms with Gasteiger partial charge in [0.05, 0.1) is 0 Å². The first-order chi connectivity index (χ1) is 5.91. The lowest BCUT2D eigenvalue weighted by Gasteiger charge is -2.19. The number of halogens is 3. The summed E-state index contributed by atoms with van der Waals surface area (Å²) in [6, 6.07) is 0. The highest BCUT2D eigenvalue weighted by molar-refractivity contribution is 5.28. The molecule has 4 heteroatoms. The number of allylic oxidation sites excluding steroid dienone is 2. The van der Waals surface area contributed by atoms with Gasteiger partial charge >= 0.3 is 6.18 Å². The number of aliphatic hydroxyl groups excluding tert-OH is 1. The Morgan fingerprint density at radius 1 is 1.54 bits per heavy atom. The van der Waals surface area contributed by atoms with E-state index in [-0.39, 0.29) is 11.5 Å². The SMILES string of the molecule is CC1C=C(C(O)C(F)(F)F)C=CC1. The molecule has 1 rings (SSSR count). The number of aliphatic hydroxyl groups is 1. The largest absolute Gasteiger partial charge is 0.418 e. The monoisotopic (exact) mass is 192 g/mol. The molecular weight excluding hydrogens is 181 g/mol. The lowest BCUT2D eigenvalue weighted by atomic mass is 9.95. The van der Waals surface area contributed by atoms with Crippen molar-refractivity contribution in [3.05, 3.63) is 23.8 Å². The van der Waals surface area contributed by atoms with Crippen molar-refractivity contribution >= 4 is 0 Å². The Labute approximate surface area is 74.6 Å². The van der Waals surface area contributed by atoms with Crippen LogP contribution in [0.4, 0.5) is 13.2 Å². The van der Waals surface area contributed by atoms with Gasteiger partial charge in [-0.05, 0) is 17.9 Å². The van der Waals surface area contributed by atoms with Crippen molar-refractivity contribution in [1.29, 1.82) is 0 Å². The Kier molecular flexibility index (Phi) is 2.81. The fourth-order valence-corrected chi connectivity index (χ4v) is 1.24. The third kappa shape index (κ3) is 2.59. The predicted octanol–water partition coefficient (Wildman–Crippen LogP) is 2.43. The fraction of sp³-hybridized carbons (Fsp3) is 0.556. The topological polar surface area (TPSA) is 20.2 Å². The molecule has 0 saturated carbocycles. The van der Waals surface area contributed by atoms with Crippen LogP contribution in [-0.2, 0) is 0 Å². The maximum absolute atomic E-state index is 12.0. The van der Waals surface area contributed by atoms with Crippen molar-refractivity contribution in [3.63, 3.8) is 0 Å².